The Labute approximate surface area is 108 Å². The predicted molar refractivity (Wildman–Crippen MR) is 71.3 cm³/mol. The number of hydrogen-bond acceptors (Lipinski definition) is 2. The van der Waals surface area contributed by atoms with E-state index in [1.54, 1.807) is 0 Å². The van der Waals surface area contributed by atoms with Gasteiger partial charge in [0.2, 0.25) is 0 Å². The summed E-state index contributed by atoms with van der Waals surface area (Å²) in [6.45, 7) is 5.89. The Hall–Kier alpha value is -0.280. The zero-order chi connectivity index (χ0) is 12.0. The maximum atomic E-state index is 6.14. The van der Waals surface area contributed by atoms with Crippen molar-refractivity contribution in [2.75, 3.05) is 26.7 Å². The number of nitrogens with one attached hydrogen (secondary N) is 1. The van der Waals surface area contributed by atoms with Gasteiger partial charge in [0.15, 0.2) is 0 Å². The van der Waals surface area contributed by atoms with Crippen LogP contribution in [0.2, 0.25) is 10.0 Å². The number of halogens is 2. The number of nitrogens with zero attached hydrogens (tertiary/aromatic N) is 1. The lowest BCUT2D eigenvalue weighted by molar-refractivity contribution is 0.282. The average molecular weight is 261 g/mol. The highest BCUT2D eigenvalue weighted by Crippen LogP contribution is 2.25. The molecule has 0 aromatic heterocycles. The summed E-state index contributed by atoms with van der Waals surface area (Å²) in [5, 5.41) is 4.63. The lowest BCUT2D eigenvalue weighted by Crippen LogP contribution is -2.30. The van der Waals surface area contributed by atoms with Gasteiger partial charge in [-0.25, -0.2) is 0 Å². The molecule has 0 atom stereocenters. The predicted octanol–water partition coefficient (Wildman–Crippen LogP) is 3.03. The Bertz CT molecular complexity index is 309. The number of likely N-dealkylation sites (N-methyl/N-ethyl adjacent to an activating group) is 2. The minimum absolute atomic E-state index is 0.746. The van der Waals surface area contributed by atoms with Gasteiger partial charge in [0.25, 0.3) is 0 Å². The Morgan fingerprint density at radius 1 is 1.25 bits per heavy atom. The Balaban J connectivity index is 2.69. The zero-order valence-electron chi connectivity index (χ0n) is 9.76. The maximum absolute atomic E-state index is 6.14. The van der Waals surface area contributed by atoms with E-state index in [0.29, 0.717) is 0 Å². The standard InChI is InChI=1S/C12H18Cl2N2/c1-3-16(8-7-15-2)9-10-11(13)5-4-6-12(10)14/h4-6,15H,3,7-9H2,1-2H3. The van der Waals surface area contributed by atoms with Crippen molar-refractivity contribution >= 4 is 23.2 Å². The topological polar surface area (TPSA) is 15.3 Å². The lowest BCUT2D eigenvalue weighted by Gasteiger charge is -2.21. The van der Waals surface area contributed by atoms with E-state index in [1.807, 2.05) is 25.2 Å². The van der Waals surface area contributed by atoms with E-state index in [-0.39, 0.29) is 0 Å². The fourth-order valence-electron chi connectivity index (χ4n) is 1.53. The largest absolute Gasteiger partial charge is 0.318 e. The van der Waals surface area contributed by atoms with Gasteiger partial charge in [-0.05, 0) is 25.7 Å². The highest BCUT2D eigenvalue weighted by Gasteiger charge is 2.09. The minimum atomic E-state index is 0.746. The van der Waals surface area contributed by atoms with E-state index < -0.39 is 0 Å². The lowest BCUT2D eigenvalue weighted by atomic mass is 10.2. The van der Waals surface area contributed by atoms with Gasteiger partial charge < -0.3 is 5.32 Å². The number of benzene rings is 1. The summed E-state index contributed by atoms with van der Waals surface area (Å²) in [6.07, 6.45) is 0. The first-order valence-electron chi connectivity index (χ1n) is 5.48. The van der Waals surface area contributed by atoms with Gasteiger partial charge in [-0.3, -0.25) is 4.90 Å². The smallest absolute Gasteiger partial charge is 0.0465 e. The third kappa shape index (κ3) is 3.95. The van der Waals surface area contributed by atoms with Crippen LogP contribution in [0.5, 0.6) is 0 Å². The van der Waals surface area contributed by atoms with E-state index >= 15 is 0 Å². The molecule has 1 rings (SSSR count). The Kier molecular flexibility index (Phi) is 6.14. The van der Waals surface area contributed by atoms with Crippen LogP contribution in [0, 0.1) is 0 Å². The molecule has 2 nitrogen and oxygen atoms in total. The van der Waals surface area contributed by atoms with Crippen molar-refractivity contribution < 1.29 is 0 Å². The van der Waals surface area contributed by atoms with E-state index in [9.17, 15) is 0 Å². The first-order chi connectivity index (χ1) is 7.69. The van der Waals surface area contributed by atoms with Crippen LogP contribution >= 0.6 is 23.2 Å². The van der Waals surface area contributed by atoms with Crippen molar-refractivity contribution in [3.8, 4) is 0 Å². The molecule has 16 heavy (non-hydrogen) atoms. The molecule has 1 N–H and O–H groups in total. The van der Waals surface area contributed by atoms with Crippen LogP contribution in [-0.4, -0.2) is 31.6 Å². The van der Waals surface area contributed by atoms with Crippen LogP contribution in [0.25, 0.3) is 0 Å². The van der Waals surface area contributed by atoms with Crippen LogP contribution in [0.15, 0.2) is 18.2 Å². The summed E-state index contributed by atoms with van der Waals surface area (Å²) in [4.78, 5) is 2.31. The molecule has 0 saturated heterocycles. The maximum Gasteiger partial charge on any atom is 0.0465 e. The summed E-state index contributed by atoms with van der Waals surface area (Å²) in [5.74, 6) is 0. The third-order valence-corrected chi connectivity index (χ3v) is 3.28. The molecule has 0 amide bonds. The molecule has 0 radical (unpaired) electrons. The Morgan fingerprint density at radius 3 is 2.38 bits per heavy atom. The summed E-state index contributed by atoms with van der Waals surface area (Å²) in [6, 6.07) is 5.64. The fourth-order valence-corrected chi connectivity index (χ4v) is 2.04. The fraction of sp³-hybridized carbons (Fsp3) is 0.500. The highest BCUT2D eigenvalue weighted by molar-refractivity contribution is 6.35. The molecule has 4 heteroatoms. The van der Waals surface area contributed by atoms with Crippen molar-refractivity contribution in [1.82, 2.24) is 10.2 Å². The van der Waals surface area contributed by atoms with Gasteiger partial charge in [-0.15, -0.1) is 0 Å². The van der Waals surface area contributed by atoms with Crippen molar-refractivity contribution in [1.29, 1.82) is 0 Å². The van der Waals surface area contributed by atoms with Crippen LogP contribution in [0.3, 0.4) is 0 Å². The SMILES string of the molecule is CCN(CCNC)Cc1c(Cl)cccc1Cl. The molecule has 0 aliphatic heterocycles. The molecule has 0 aliphatic rings. The van der Waals surface area contributed by atoms with Crippen LogP contribution in [-0.2, 0) is 6.54 Å². The molecule has 90 valence electrons. The van der Waals surface area contributed by atoms with Gasteiger partial charge in [0.05, 0.1) is 0 Å². The van der Waals surface area contributed by atoms with Gasteiger partial charge in [-0.1, -0.05) is 36.2 Å². The van der Waals surface area contributed by atoms with Gasteiger partial charge in [0.1, 0.15) is 0 Å². The number of rotatable bonds is 6. The first-order valence-corrected chi connectivity index (χ1v) is 6.24. The van der Waals surface area contributed by atoms with E-state index in [4.69, 9.17) is 23.2 Å². The quantitative estimate of drug-likeness (QED) is 0.846. The van der Waals surface area contributed by atoms with E-state index in [2.05, 4.69) is 17.1 Å². The van der Waals surface area contributed by atoms with E-state index in [1.165, 1.54) is 0 Å². The molecule has 1 aromatic rings. The second kappa shape index (κ2) is 7.13. The molecule has 0 saturated carbocycles. The Morgan fingerprint density at radius 2 is 1.88 bits per heavy atom. The summed E-state index contributed by atoms with van der Waals surface area (Å²) in [5.41, 5.74) is 1.02. The first kappa shape index (κ1) is 13.8. The monoisotopic (exact) mass is 260 g/mol. The normalized spacial score (nSPS) is 11.1. The minimum Gasteiger partial charge on any atom is -0.318 e. The van der Waals surface area contributed by atoms with Crippen molar-refractivity contribution in [2.45, 2.75) is 13.5 Å². The second-order valence-electron chi connectivity index (χ2n) is 3.67. The summed E-state index contributed by atoms with van der Waals surface area (Å²) < 4.78 is 0. The summed E-state index contributed by atoms with van der Waals surface area (Å²) in [7, 11) is 1.95. The van der Waals surface area contributed by atoms with Crippen molar-refractivity contribution in [2.24, 2.45) is 0 Å². The second-order valence-corrected chi connectivity index (χ2v) is 4.49. The van der Waals surface area contributed by atoms with Crippen LogP contribution in [0.1, 0.15) is 12.5 Å². The average Bonchev–Trinajstić information content (AvgIpc) is 2.28. The molecular weight excluding hydrogens is 243 g/mol. The molecule has 0 bridgehead atoms. The van der Waals surface area contributed by atoms with E-state index in [0.717, 1.165) is 41.8 Å². The van der Waals surface area contributed by atoms with Gasteiger partial charge in [-0.2, -0.15) is 0 Å². The molecule has 0 aliphatic carbocycles. The highest BCUT2D eigenvalue weighted by atomic mass is 35.5. The van der Waals surface area contributed by atoms with Crippen LogP contribution in [0.4, 0.5) is 0 Å². The molecule has 1 aromatic carbocycles. The zero-order valence-corrected chi connectivity index (χ0v) is 11.3. The third-order valence-electron chi connectivity index (χ3n) is 2.57. The van der Waals surface area contributed by atoms with Crippen molar-refractivity contribution in [3.05, 3.63) is 33.8 Å². The molecule has 0 heterocycles. The molecular formula is C12H18Cl2N2. The molecule has 0 unspecified atom stereocenters. The van der Waals surface area contributed by atoms with Gasteiger partial charge >= 0.3 is 0 Å². The van der Waals surface area contributed by atoms with Crippen LogP contribution < -0.4 is 5.32 Å². The number of hydrogen-bond donors (Lipinski definition) is 1. The summed E-state index contributed by atoms with van der Waals surface area (Å²) >= 11 is 12.3. The molecule has 0 spiro atoms. The van der Waals surface area contributed by atoms with Gasteiger partial charge in [0, 0.05) is 35.2 Å². The molecule has 0 fully saturated rings. The van der Waals surface area contributed by atoms with Crippen molar-refractivity contribution in [3.63, 3.8) is 0 Å².